The molecule has 2 aromatic rings. The predicted molar refractivity (Wildman–Crippen MR) is 68.2 cm³/mol. The average molecular weight is 333 g/mol. The van der Waals surface area contributed by atoms with E-state index < -0.39 is 28.1 Å². The van der Waals surface area contributed by atoms with Crippen molar-refractivity contribution in [2.24, 2.45) is 0 Å². The lowest BCUT2D eigenvalue weighted by atomic mass is 10.0. The minimum Gasteiger partial charge on any atom is -0.207 e. The highest BCUT2D eigenvalue weighted by Gasteiger charge is 2.20. The van der Waals surface area contributed by atoms with Crippen molar-refractivity contribution in [2.45, 2.75) is 11.8 Å². The van der Waals surface area contributed by atoms with Gasteiger partial charge in [-0.1, -0.05) is 15.9 Å². The van der Waals surface area contributed by atoms with Crippen LogP contribution in [0.4, 0.5) is 17.6 Å². The van der Waals surface area contributed by atoms with Gasteiger partial charge in [0.25, 0.3) is 0 Å². The van der Waals surface area contributed by atoms with Crippen LogP contribution in [-0.4, -0.2) is 0 Å². The van der Waals surface area contributed by atoms with Gasteiger partial charge in [-0.3, -0.25) is 0 Å². The normalized spacial score (nSPS) is 12.5. The Balaban J connectivity index is 2.52. The zero-order chi connectivity index (χ0) is 14.2. The Morgan fingerprint density at radius 1 is 0.842 bits per heavy atom. The molecule has 2 rings (SSSR count). The first-order valence-electron chi connectivity index (χ1n) is 5.44. The van der Waals surface area contributed by atoms with Crippen molar-refractivity contribution in [3.05, 3.63) is 70.3 Å². The van der Waals surface area contributed by atoms with Crippen LogP contribution < -0.4 is 0 Å². The largest absolute Gasteiger partial charge is 0.207 e. The quantitative estimate of drug-likeness (QED) is 0.534. The van der Waals surface area contributed by atoms with E-state index in [4.69, 9.17) is 0 Å². The Hall–Kier alpha value is -1.36. The van der Waals surface area contributed by atoms with Crippen molar-refractivity contribution in [1.82, 2.24) is 0 Å². The molecule has 1 atom stereocenters. The zero-order valence-corrected chi connectivity index (χ0v) is 11.4. The lowest BCUT2D eigenvalue weighted by Gasteiger charge is -2.14. The third-order valence-electron chi connectivity index (χ3n) is 2.78. The predicted octanol–water partition coefficient (Wildman–Crippen LogP) is 5.04. The van der Waals surface area contributed by atoms with Crippen molar-refractivity contribution < 1.29 is 17.6 Å². The van der Waals surface area contributed by atoms with E-state index in [0.717, 1.165) is 24.3 Å². The average Bonchev–Trinajstić information content (AvgIpc) is 2.36. The maximum absolute atomic E-state index is 13.7. The molecule has 0 saturated carbocycles. The summed E-state index contributed by atoms with van der Waals surface area (Å²) >= 11 is 3.12. The fourth-order valence-electron chi connectivity index (χ4n) is 1.75. The van der Waals surface area contributed by atoms with Gasteiger partial charge in [-0.15, -0.1) is 0 Å². The molecule has 0 spiro atoms. The molecule has 1 unspecified atom stereocenters. The molecule has 0 aliphatic heterocycles. The fourth-order valence-corrected chi connectivity index (χ4v) is 2.45. The van der Waals surface area contributed by atoms with E-state index in [1.165, 1.54) is 13.0 Å². The molecule has 0 aliphatic carbocycles. The van der Waals surface area contributed by atoms with Gasteiger partial charge in [0.05, 0.1) is 4.83 Å². The first-order chi connectivity index (χ1) is 8.90. The SMILES string of the molecule is Cc1cc(C(Br)c2cc(F)ccc2F)c(F)cc1F. The van der Waals surface area contributed by atoms with Crippen molar-refractivity contribution in [3.63, 3.8) is 0 Å². The number of halogens is 5. The summed E-state index contributed by atoms with van der Waals surface area (Å²) in [5.41, 5.74) is 0.256. The van der Waals surface area contributed by atoms with Crippen molar-refractivity contribution in [1.29, 1.82) is 0 Å². The summed E-state index contributed by atoms with van der Waals surface area (Å²) in [6.45, 7) is 1.47. The van der Waals surface area contributed by atoms with Crippen molar-refractivity contribution in [3.8, 4) is 0 Å². The number of benzene rings is 2. The summed E-state index contributed by atoms with van der Waals surface area (Å²) in [4.78, 5) is -0.887. The Bertz CT molecular complexity index is 625. The third kappa shape index (κ3) is 2.81. The number of hydrogen-bond acceptors (Lipinski definition) is 0. The van der Waals surface area contributed by atoms with Crippen LogP contribution in [0.25, 0.3) is 0 Å². The molecule has 0 bridgehead atoms. The van der Waals surface area contributed by atoms with E-state index in [-0.39, 0.29) is 16.7 Å². The molecule has 0 saturated heterocycles. The molecule has 100 valence electrons. The number of alkyl halides is 1. The van der Waals surface area contributed by atoms with Crippen LogP contribution in [0, 0.1) is 30.2 Å². The monoisotopic (exact) mass is 332 g/mol. The molecule has 0 N–H and O–H groups in total. The molecular weight excluding hydrogens is 324 g/mol. The van der Waals surface area contributed by atoms with Gasteiger partial charge >= 0.3 is 0 Å². The Labute approximate surface area is 116 Å². The minimum atomic E-state index is -0.887. The highest BCUT2D eigenvalue weighted by atomic mass is 79.9. The van der Waals surface area contributed by atoms with Crippen LogP contribution >= 0.6 is 15.9 Å². The van der Waals surface area contributed by atoms with Gasteiger partial charge in [-0.25, -0.2) is 17.6 Å². The summed E-state index contributed by atoms with van der Waals surface area (Å²) in [5.74, 6) is -2.78. The second-order valence-electron chi connectivity index (χ2n) is 4.15. The van der Waals surface area contributed by atoms with Crippen LogP contribution in [0.15, 0.2) is 30.3 Å². The van der Waals surface area contributed by atoms with Gasteiger partial charge in [0, 0.05) is 17.2 Å². The molecule has 2 aromatic carbocycles. The van der Waals surface area contributed by atoms with E-state index in [2.05, 4.69) is 15.9 Å². The van der Waals surface area contributed by atoms with Gasteiger partial charge in [0.1, 0.15) is 23.3 Å². The maximum atomic E-state index is 13.7. The van der Waals surface area contributed by atoms with Gasteiger partial charge < -0.3 is 0 Å². The van der Waals surface area contributed by atoms with E-state index in [9.17, 15) is 17.6 Å². The highest BCUT2D eigenvalue weighted by molar-refractivity contribution is 9.09. The Morgan fingerprint density at radius 2 is 1.47 bits per heavy atom. The van der Waals surface area contributed by atoms with Gasteiger partial charge in [-0.2, -0.15) is 0 Å². The van der Waals surface area contributed by atoms with Crippen LogP contribution in [0.2, 0.25) is 0 Å². The number of aryl methyl sites for hydroxylation is 1. The molecule has 0 heterocycles. The number of rotatable bonds is 2. The second-order valence-corrected chi connectivity index (χ2v) is 5.07. The van der Waals surface area contributed by atoms with E-state index >= 15 is 0 Å². The topological polar surface area (TPSA) is 0 Å². The van der Waals surface area contributed by atoms with Crippen molar-refractivity contribution >= 4 is 15.9 Å². The lowest BCUT2D eigenvalue weighted by molar-refractivity contribution is 0.563. The molecule has 5 heteroatoms. The highest BCUT2D eigenvalue weighted by Crippen LogP contribution is 2.35. The Morgan fingerprint density at radius 3 is 2.16 bits per heavy atom. The summed E-state index contributed by atoms with van der Waals surface area (Å²) in [7, 11) is 0. The van der Waals surface area contributed by atoms with Crippen molar-refractivity contribution in [2.75, 3.05) is 0 Å². The maximum Gasteiger partial charge on any atom is 0.130 e. The summed E-state index contributed by atoms with van der Waals surface area (Å²) in [6, 6.07) is 4.93. The zero-order valence-electron chi connectivity index (χ0n) is 9.85. The number of hydrogen-bond donors (Lipinski definition) is 0. The van der Waals surface area contributed by atoms with E-state index in [1.54, 1.807) is 0 Å². The molecule has 0 aliphatic rings. The fraction of sp³-hybridized carbons (Fsp3) is 0.143. The standard InChI is InChI=1S/C14H9BrF4/c1-7-4-9(13(19)6-12(7)18)14(15)10-5-8(16)2-3-11(10)17/h2-6,14H,1H3. The van der Waals surface area contributed by atoms with Gasteiger partial charge in [0.15, 0.2) is 0 Å². The molecular formula is C14H9BrF4. The molecule has 0 amide bonds. The first kappa shape index (κ1) is 14.1. The van der Waals surface area contributed by atoms with E-state index in [0.29, 0.717) is 0 Å². The lowest BCUT2D eigenvalue weighted by Crippen LogP contribution is -2.02. The summed E-state index contributed by atoms with van der Waals surface area (Å²) in [6.07, 6.45) is 0. The van der Waals surface area contributed by atoms with Gasteiger partial charge in [0.2, 0.25) is 0 Å². The summed E-state index contributed by atoms with van der Waals surface area (Å²) < 4.78 is 53.6. The van der Waals surface area contributed by atoms with Crippen LogP contribution in [-0.2, 0) is 0 Å². The molecule has 19 heavy (non-hydrogen) atoms. The molecule has 0 nitrogen and oxygen atoms in total. The Kier molecular flexibility index (Phi) is 3.94. The molecule has 0 aromatic heterocycles. The van der Waals surface area contributed by atoms with Crippen LogP contribution in [0.3, 0.4) is 0 Å². The van der Waals surface area contributed by atoms with Crippen LogP contribution in [0.5, 0.6) is 0 Å². The summed E-state index contributed by atoms with van der Waals surface area (Å²) in [5, 5.41) is 0. The van der Waals surface area contributed by atoms with E-state index in [1.807, 2.05) is 0 Å². The van der Waals surface area contributed by atoms with Crippen LogP contribution in [0.1, 0.15) is 21.5 Å². The minimum absolute atomic E-state index is 0.0371. The smallest absolute Gasteiger partial charge is 0.130 e. The van der Waals surface area contributed by atoms with Gasteiger partial charge in [-0.05, 0) is 36.8 Å². The molecule has 0 radical (unpaired) electrons. The first-order valence-corrected chi connectivity index (χ1v) is 6.36. The second kappa shape index (κ2) is 5.33. The third-order valence-corrected chi connectivity index (χ3v) is 3.77. The molecule has 0 fully saturated rings.